The van der Waals surface area contributed by atoms with Crippen molar-refractivity contribution in [3.8, 4) is 0 Å². The highest BCUT2D eigenvalue weighted by Crippen LogP contribution is 2.31. The van der Waals surface area contributed by atoms with Crippen molar-refractivity contribution < 1.29 is 13.2 Å². The van der Waals surface area contributed by atoms with Crippen molar-refractivity contribution in [2.45, 2.75) is 24.8 Å². The third-order valence-electron chi connectivity index (χ3n) is 3.74. The van der Waals surface area contributed by atoms with Gasteiger partial charge in [0.15, 0.2) is 0 Å². The SMILES string of the molecule is Cc1cc(S(=O)(=O)N2CCOC(c3cnn(C)c3)C2)c(C)s1. The summed E-state index contributed by atoms with van der Waals surface area (Å²) >= 11 is 1.51. The second-order valence-corrected chi connectivity index (χ2v) is 8.81. The predicted octanol–water partition coefficient (Wildman–Crippen LogP) is 1.86. The van der Waals surface area contributed by atoms with Crippen LogP contribution in [0.3, 0.4) is 0 Å². The molecule has 2 aromatic heterocycles. The zero-order valence-corrected chi connectivity index (χ0v) is 14.4. The Kier molecular flexibility index (Phi) is 4.11. The monoisotopic (exact) mass is 341 g/mol. The third-order valence-corrected chi connectivity index (χ3v) is 6.83. The van der Waals surface area contributed by atoms with Gasteiger partial charge >= 0.3 is 0 Å². The maximum atomic E-state index is 12.9. The Balaban J connectivity index is 1.86. The van der Waals surface area contributed by atoms with Crippen molar-refractivity contribution in [1.82, 2.24) is 14.1 Å². The van der Waals surface area contributed by atoms with Gasteiger partial charge in [-0.25, -0.2) is 8.42 Å². The molecule has 0 saturated carbocycles. The highest BCUT2D eigenvalue weighted by molar-refractivity contribution is 7.89. The van der Waals surface area contributed by atoms with E-state index in [0.717, 1.165) is 15.3 Å². The fourth-order valence-electron chi connectivity index (χ4n) is 2.65. The van der Waals surface area contributed by atoms with E-state index < -0.39 is 10.0 Å². The van der Waals surface area contributed by atoms with Gasteiger partial charge < -0.3 is 4.74 Å². The smallest absolute Gasteiger partial charge is 0.244 e. The Hall–Kier alpha value is -1.22. The molecule has 0 aromatic carbocycles. The largest absolute Gasteiger partial charge is 0.371 e. The number of hydrogen-bond acceptors (Lipinski definition) is 5. The Labute approximate surface area is 134 Å². The van der Waals surface area contributed by atoms with Gasteiger partial charge in [-0.3, -0.25) is 4.68 Å². The lowest BCUT2D eigenvalue weighted by molar-refractivity contribution is -0.00259. The second kappa shape index (κ2) is 5.77. The molecule has 1 fully saturated rings. The number of hydrogen-bond donors (Lipinski definition) is 0. The van der Waals surface area contributed by atoms with Crippen LogP contribution in [0.5, 0.6) is 0 Å². The fourth-order valence-corrected chi connectivity index (χ4v) is 5.60. The van der Waals surface area contributed by atoms with E-state index in [1.807, 2.05) is 27.1 Å². The predicted molar refractivity (Wildman–Crippen MR) is 84.5 cm³/mol. The van der Waals surface area contributed by atoms with Gasteiger partial charge in [-0.15, -0.1) is 11.3 Å². The van der Waals surface area contributed by atoms with Crippen LogP contribution in [0.25, 0.3) is 0 Å². The van der Waals surface area contributed by atoms with Crippen molar-refractivity contribution >= 4 is 21.4 Å². The number of sulfonamides is 1. The topological polar surface area (TPSA) is 64.4 Å². The van der Waals surface area contributed by atoms with Crippen LogP contribution in [0.15, 0.2) is 23.4 Å². The zero-order chi connectivity index (χ0) is 15.9. The molecule has 0 amide bonds. The Morgan fingerprint density at radius 2 is 2.18 bits per heavy atom. The molecular weight excluding hydrogens is 322 g/mol. The van der Waals surface area contributed by atoms with E-state index in [4.69, 9.17) is 4.74 Å². The highest BCUT2D eigenvalue weighted by Gasteiger charge is 2.33. The molecule has 1 atom stereocenters. The number of ether oxygens (including phenoxy) is 1. The van der Waals surface area contributed by atoms with Crippen molar-refractivity contribution in [2.75, 3.05) is 19.7 Å². The number of rotatable bonds is 3. The summed E-state index contributed by atoms with van der Waals surface area (Å²) in [5, 5.41) is 4.13. The lowest BCUT2D eigenvalue weighted by Gasteiger charge is -2.31. The summed E-state index contributed by atoms with van der Waals surface area (Å²) < 4.78 is 34.6. The summed E-state index contributed by atoms with van der Waals surface area (Å²) in [5.41, 5.74) is 0.903. The van der Waals surface area contributed by atoms with E-state index in [1.54, 1.807) is 16.9 Å². The number of aryl methyl sites for hydroxylation is 3. The number of aromatic nitrogens is 2. The minimum Gasteiger partial charge on any atom is -0.371 e. The lowest BCUT2D eigenvalue weighted by atomic mass is 10.2. The molecular formula is C14H19N3O3S2. The van der Waals surface area contributed by atoms with Gasteiger partial charge in [0.05, 0.1) is 23.8 Å². The van der Waals surface area contributed by atoms with Crippen LogP contribution < -0.4 is 0 Å². The van der Waals surface area contributed by atoms with Crippen LogP contribution >= 0.6 is 11.3 Å². The molecule has 0 aliphatic carbocycles. The quantitative estimate of drug-likeness (QED) is 0.855. The van der Waals surface area contributed by atoms with Crippen molar-refractivity contribution in [3.05, 3.63) is 33.8 Å². The molecule has 3 rings (SSSR count). The fraction of sp³-hybridized carbons (Fsp3) is 0.500. The average molecular weight is 341 g/mol. The number of nitrogens with zero attached hydrogens (tertiary/aromatic N) is 3. The minimum absolute atomic E-state index is 0.266. The molecule has 0 bridgehead atoms. The summed E-state index contributed by atoms with van der Waals surface area (Å²) in [5.74, 6) is 0. The first kappa shape index (κ1) is 15.7. The first-order valence-electron chi connectivity index (χ1n) is 7.05. The van der Waals surface area contributed by atoms with E-state index in [1.165, 1.54) is 15.6 Å². The van der Waals surface area contributed by atoms with Gasteiger partial charge in [0.2, 0.25) is 10.0 Å². The maximum Gasteiger partial charge on any atom is 0.244 e. The number of morpholine rings is 1. The highest BCUT2D eigenvalue weighted by atomic mass is 32.2. The van der Waals surface area contributed by atoms with Gasteiger partial charge in [-0.2, -0.15) is 9.40 Å². The van der Waals surface area contributed by atoms with Gasteiger partial charge in [0, 0.05) is 41.7 Å². The van der Waals surface area contributed by atoms with E-state index in [2.05, 4.69) is 5.10 Å². The van der Waals surface area contributed by atoms with Crippen LogP contribution in [-0.2, 0) is 21.8 Å². The lowest BCUT2D eigenvalue weighted by Crippen LogP contribution is -2.42. The summed E-state index contributed by atoms with van der Waals surface area (Å²) in [6.45, 7) is 4.87. The van der Waals surface area contributed by atoms with Crippen LogP contribution in [0.1, 0.15) is 21.4 Å². The number of thiophene rings is 1. The normalized spacial score (nSPS) is 20.4. The average Bonchev–Trinajstić information content (AvgIpc) is 3.05. The molecule has 0 spiro atoms. The van der Waals surface area contributed by atoms with E-state index in [-0.39, 0.29) is 6.10 Å². The van der Waals surface area contributed by atoms with Gasteiger partial charge in [0.1, 0.15) is 0 Å². The molecule has 1 aliphatic heterocycles. The van der Waals surface area contributed by atoms with Crippen LogP contribution in [0.4, 0.5) is 0 Å². The molecule has 1 saturated heterocycles. The molecule has 0 N–H and O–H groups in total. The van der Waals surface area contributed by atoms with E-state index >= 15 is 0 Å². The molecule has 6 nitrogen and oxygen atoms in total. The van der Waals surface area contributed by atoms with Crippen LogP contribution in [-0.4, -0.2) is 42.2 Å². The van der Waals surface area contributed by atoms with Crippen molar-refractivity contribution in [2.24, 2.45) is 7.05 Å². The Bertz CT molecular complexity index is 779. The van der Waals surface area contributed by atoms with E-state index in [0.29, 0.717) is 24.6 Å². The zero-order valence-electron chi connectivity index (χ0n) is 12.8. The van der Waals surface area contributed by atoms with Crippen molar-refractivity contribution in [1.29, 1.82) is 0 Å². The minimum atomic E-state index is -3.47. The summed E-state index contributed by atoms with van der Waals surface area (Å²) in [6, 6.07) is 1.75. The molecule has 3 heterocycles. The molecule has 120 valence electrons. The van der Waals surface area contributed by atoms with E-state index in [9.17, 15) is 8.42 Å². The first-order chi connectivity index (χ1) is 10.4. The molecule has 2 aromatic rings. The Morgan fingerprint density at radius 1 is 1.41 bits per heavy atom. The summed E-state index contributed by atoms with van der Waals surface area (Å²) in [6.07, 6.45) is 3.32. The first-order valence-corrected chi connectivity index (χ1v) is 9.31. The Morgan fingerprint density at radius 3 is 2.77 bits per heavy atom. The van der Waals surface area contributed by atoms with Gasteiger partial charge in [-0.05, 0) is 19.9 Å². The van der Waals surface area contributed by atoms with Crippen LogP contribution in [0.2, 0.25) is 0 Å². The molecule has 0 radical (unpaired) electrons. The summed E-state index contributed by atoms with van der Waals surface area (Å²) in [7, 11) is -1.64. The third kappa shape index (κ3) is 2.83. The second-order valence-electron chi connectivity index (χ2n) is 5.45. The maximum absolute atomic E-state index is 12.9. The van der Waals surface area contributed by atoms with Crippen molar-refractivity contribution in [3.63, 3.8) is 0 Å². The molecule has 1 aliphatic rings. The standard InChI is InChI=1S/C14H19N3O3S2/c1-10-6-14(11(2)21-10)22(18,19)17-4-5-20-13(9-17)12-7-15-16(3)8-12/h6-8,13H,4-5,9H2,1-3H3. The summed E-state index contributed by atoms with van der Waals surface area (Å²) in [4.78, 5) is 2.26. The molecule has 1 unspecified atom stereocenters. The molecule has 8 heteroatoms. The van der Waals surface area contributed by atoms with Gasteiger partial charge in [-0.1, -0.05) is 0 Å². The van der Waals surface area contributed by atoms with Gasteiger partial charge in [0.25, 0.3) is 0 Å². The molecule has 22 heavy (non-hydrogen) atoms. The van der Waals surface area contributed by atoms with Crippen LogP contribution in [0, 0.1) is 13.8 Å².